The molecule has 0 bridgehead atoms. The van der Waals surface area contributed by atoms with Crippen molar-refractivity contribution in [2.75, 3.05) is 24.3 Å². The van der Waals surface area contributed by atoms with Crippen LogP contribution in [0.15, 0.2) is 66.7 Å². The summed E-state index contributed by atoms with van der Waals surface area (Å²) in [5.41, 5.74) is 3.71. The van der Waals surface area contributed by atoms with Crippen molar-refractivity contribution in [3.05, 3.63) is 89.0 Å². The van der Waals surface area contributed by atoms with E-state index in [-0.39, 0.29) is 25.1 Å². The molecule has 3 aromatic rings. The molecular weight excluding hydrogens is 464 g/mol. The number of carbonyl (C=O) groups excluding carboxylic acids is 1. The van der Waals surface area contributed by atoms with Crippen LogP contribution < -0.4 is 19.1 Å². The second-order valence-corrected chi connectivity index (χ2v) is 10.5. The summed E-state index contributed by atoms with van der Waals surface area (Å²) in [4.78, 5) is 12.7. The second-order valence-electron chi connectivity index (χ2n) is 8.54. The van der Waals surface area contributed by atoms with Gasteiger partial charge in [0.2, 0.25) is 10.0 Å². The molecule has 0 aliphatic rings. The molecule has 1 N–H and O–H groups in total. The van der Waals surface area contributed by atoms with Crippen molar-refractivity contribution in [3.63, 3.8) is 0 Å². The van der Waals surface area contributed by atoms with Crippen molar-refractivity contribution < 1.29 is 22.7 Å². The number of amides is 1. The quantitative estimate of drug-likeness (QED) is 0.448. The average Bonchev–Trinajstić information content (AvgIpc) is 2.82. The summed E-state index contributed by atoms with van der Waals surface area (Å²) in [6.07, 6.45) is 1.20. The molecule has 1 amide bonds. The van der Waals surface area contributed by atoms with Crippen LogP contribution in [0.2, 0.25) is 0 Å². The fourth-order valence-corrected chi connectivity index (χ4v) is 4.79. The van der Waals surface area contributed by atoms with E-state index in [4.69, 9.17) is 9.47 Å². The highest BCUT2D eigenvalue weighted by Crippen LogP contribution is 2.28. The first-order valence-corrected chi connectivity index (χ1v) is 13.1. The second kappa shape index (κ2) is 11.3. The zero-order valence-electron chi connectivity index (χ0n) is 20.7. The van der Waals surface area contributed by atoms with Crippen molar-refractivity contribution in [3.8, 4) is 11.5 Å². The summed E-state index contributed by atoms with van der Waals surface area (Å²) in [6, 6.07) is 19.7. The molecule has 0 fully saturated rings. The zero-order valence-corrected chi connectivity index (χ0v) is 21.6. The number of hydrogen-bond acceptors (Lipinski definition) is 5. The highest BCUT2D eigenvalue weighted by molar-refractivity contribution is 7.92. The number of nitrogens with zero attached hydrogens (tertiary/aromatic N) is 1. The summed E-state index contributed by atoms with van der Waals surface area (Å²) < 4.78 is 37.6. The number of rotatable bonds is 10. The first-order chi connectivity index (χ1) is 16.6. The van der Waals surface area contributed by atoms with Crippen molar-refractivity contribution in [2.45, 2.75) is 33.4 Å². The van der Waals surface area contributed by atoms with Crippen molar-refractivity contribution in [1.29, 1.82) is 0 Å². The fourth-order valence-electron chi connectivity index (χ4n) is 3.79. The lowest BCUT2D eigenvalue weighted by atomic mass is 10.1. The smallest absolute Gasteiger partial charge is 0.251 e. The first kappa shape index (κ1) is 26.1. The molecule has 3 rings (SSSR count). The highest BCUT2D eigenvalue weighted by Gasteiger charge is 2.21. The third-order valence-corrected chi connectivity index (χ3v) is 6.68. The average molecular weight is 497 g/mol. The number of hydrogen-bond donors (Lipinski definition) is 1. The van der Waals surface area contributed by atoms with E-state index in [1.54, 1.807) is 31.4 Å². The van der Waals surface area contributed by atoms with Crippen LogP contribution in [0.4, 0.5) is 5.69 Å². The molecule has 1 atom stereocenters. The predicted molar refractivity (Wildman–Crippen MR) is 139 cm³/mol. The first-order valence-electron chi connectivity index (χ1n) is 11.3. The Labute approximate surface area is 207 Å². The van der Waals surface area contributed by atoms with Gasteiger partial charge in [0.25, 0.3) is 5.91 Å². The van der Waals surface area contributed by atoms with Crippen molar-refractivity contribution in [2.24, 2.45) is 0 Å². The number of benzene rings is 3. The summed E-state index contributed by atoms with van der Waals surface area (Å²) in [5.74, 6) is 1.01. The summed E-state index contributed by atoms with van der Waals surface area (Å²) >= 11 is 0. The SMILES string of the molecule is COc1ccccc1OC[C@@H](C)NC(=O)c1ccc(CN(c2c(C)cccc2C)S(C)(=O)=O)cc1. The predicted octanol–water partition coefficient (Wildman–Crippen LogP) is 4.48. The van der Waals surface area contributed by atoms with Gasteiger partial charge in [-0.2, -0.15) is 0 Å². The van der Waals surface area contributed by atoms with Crippen LogP contribution in [0.1, 0.15) is 34.0 Å². The summed E-state index contributed by atoms with van der Waals surface area (Å²) in [5, 5.41) is 2.92. The van der Waals surface area contributed by atoms with E-state index < -0.39 is 10.0 Å². The molecule has 0 saturated carbocycles. The van der Waals surface area contributed by atoms with Gasteiger partial charge in [-0.25, -0.2) is 8.42 Å². The molecule has 0 aliphatic heterocycles. The van der Waals surface area contributed by atoms with Gasteiger partial charge < -0.3 is 14.8 Å². The third-order valence-electron chi connectivity index (χ3n) is 5.57. The zero-order chi connectivity index (χ0) is 25.6. The number of anilines is 1. The van der Waals surface area contributed by atoms with E-state index in [9.17, 15) is 13.2 Å². The van der Waals surface area contributed by atoms with E-state index in [1.165, 1.54) is 10.6 Å². The minimum Gasteiger partial charge on any atom is -0.493 e. The Kier molecular flexibility index (Phi) is 8.40. The maximum atomic E-state index is 12.7. The van der Waals surface area contributed by atoms with Gasteiger partial charge in [-0.1, -0.05) is 42.5 Å². The Bertz CT molecular complexity index is 1250. The van der Waals surface area contributed by atoms with Crippen LogP contribution in [-0.2, 0) is 16.6 Å². The molecule has 0 saturated heterocycles. The molecule has 35 heavy (non-hydrogen) atoms. The van der Waals surface area contributed by atoms with Gasteiger partial charge in [-0.05, 0) is 61.7 Å². The van der Waals surface area contributed by atoms with Crippen LogP contribution in [0.5, 0.6) is 11.5 Å². The minimum absolute atomic E-state index is 0.176. The molecule has 0 aromatic heterocycles. The Morgan fingerprint density at radius 3 is 2.11 bits per heavy atom. The molecule has 0 heterocycles. The largest absolute Gasteiger partial charge is 0.493 e. The van der Waals surface area contributed by atoms with Gasteiger partial charge in [-0.15, -0.1) is 0 Å². The number of para-hydroxylation sites is 3. The van der Waals surface area contributed by atoms with E-state index in [1.807, 2.05) is 63.2 Å². The van der Waals surface area contributed by atoms with Crippen LogP contribution in [0.3, 0.4) is 0 Å². The van der Waals surface area contributed by atoms with Crippen LogP contribution in [0, 0.1) is 13.8 Å². The topological polar surface area (TPSA) is 84.9 Å². The number of aryl methyl sites for hydroxylation is 2. The minimum atomic E-state index is -3.51. The molecule has 0 unspecified atom stereocenters. The van der Waals surface area contributed by atoms with Crippen LogP contribution in [-0.4, -0.2) is 40.3 Å². The van der Waals surface area contributed by atoms with Crippen LogP contribution in [0.25, 0.3) is 0 Å². The van der Waals surface area contributed by atoms with Crippen molar-refractivity contribution >= 4 is 21.6 Å². The lowest BCUT2D eigenvalue weighted by Gasteiger charge is -2.26. The number of sulfonamides is 1. The summed E-state index contributed by atoms with van der Waals surface area (Å²) in [7, 11) is -1.93. The Balaban J connectivity index is 1.66. The number of methoxy groups -OCH3 is 1. The molecule has 3 aromatic carbocycles. The molecule has 0 spiro atoms. The van der Waals surface area contributed by atoms with Gasteiger partial charge in [0.05, 0.1) is 31.6 Å². The van der Waals surface area contributed by atoms with Crippen LogP contribution >= 0.6 is 0 Å². The molecule has 8 heteroatoms. The monoisotopic (exact) mass is 496 g/mol. The van der Waals surface area contributed by atoms with E-state index in [0.29, 0.717) is 22.7 Å². The number of carbonyl (C=O) groups is 1. The number of nitrogens with one attached hydrogen (secondary N) is 1. The molecule has 0 aliphatic carbocycles. The van der Waals surface area contributed by atoms with E-state index in [2.05, 4.69) is 5.32 Å². The number of ether oxygens (including phenoxy) is 2. The lowest BCUT2D eigenvalue weighted by molar-refractivity contribution is 0.0926. The lowest BCUT2D eigenvalue weighted by Crippen LogP contribution is -2.36. The fraction of sp³-hybridized carbons (Fsp3) is 0.296. The van der Waals surface area contributed by atoms with Gasteiger partial charge in [0, 0.05) is 5.56 Å². The van der Waals surface area contributed by atoms with Gasteiger partial charge in [0.15, 0.2) is 11.5 Å². The highest BCUT2D eigenvalue weighted by atomic mass is 32.2. The van der Waals surface area contributed by atoms with E-state index in [0.717, 1.165) is 16.7 Å². The van der Waals surface area contributed by atoms with Gasteiger partial charge >= 0.3 is 0 Å². The standard InChI is InChI=1S/C27H32N2O5S/c1-19-9-8-10-20(2)26(19)29(35(5,31)32)17-22-13-15-23(16-14-22)27(30)28-21(3)18-34-25-12-7-6-11-24(25)33-4/h6-16,21H,17-18H2,1-5H3,(H,28,30)/t21-/m1/s1. The summed E-state index contributed by atoms with van der Waals surface area (Å²) in [6.45, 7) is 6.11. The van der Waals surface area contributed by atoms with Crippen molar-refractivity contribution in [1.82, 2.24) is 5.32 Å². The maximum absolute atomic E-state index is 12.7. The van der Waals surface area contributed by atoms with E-state index >= 15 is 0 Å². The Hall–Kier alpha value is -3.52. The van der Waals surface area contributed by atoms with Gasteiger partial charge in [0.1, 0.15) is 6.61 Å². The maximum Gasteiger partial charge on any atom is 0.251 e. The molecule has 7 nitrogen and oxygen atoms in total. The third kappa shape index (κ3) is 6.76. The Morgan fingerprint density at radius 1 is 0.943 bits per heavy atom. The Morgan fingerprint density at radius 2 is 1.54 bits per heavy atom. The van der Waals surface area contributed by atoms with Gasteiger partial charge in [-0.3, -0.25) is 9.10 Å². The normalized spacial score (nSPS) is 12.0. The molecular formula is C27H32N2O5S. The molecule has 0 radical (unpaired) electrons. The molecule has 186 valence electrons.